The molecule has 0 fully saturated rings. The van der Waals surface area contributed by atoms with Crippen LogP contribution in [0.15, 0.2) is 61.2 Å². The average Bonchev–Trinajstić information content (AvgIpc) is 3.24. The van der Waals surface area contributed by atoms with Gasteiger partial charge in [-0.15, -0.1) is 0 Å². The van der Waals surface area contributed by atoms with Crippen LogP contribution in [-0.4, -0.2) is 33.2 Å². The highest BCUT2D eigenvalue weighted by atomic mass is 16.5. The van der Waals surface area contributed by atoms with Crippen LogP contribution >= 0.6 is 0 Å². The van der Waals surface area contributed by atoms with Crippen molar-refractivity contribution in [1.29, 1.82) is 0 Å². The molecule has 28 heavy (non-hydrogen) atoms. The lowest BCUT2D eigenvalue weighted by atomic mass is 10.1. The fourth-order valence-electron chi connectivity index (χ4n) is 2.56. The Kier molecular flexibility index (Phi) is 6.01. The summed E-state index contributed by atoms with van der Waals surface area (Å²) in [4.78, 5) is 28.6. The molecule has 3 aromatic rings. The van der Waals surface area contributed by atoms with Crippen molar-refractivity contribution in [1.82, 2.24) is 14.8 Å². The normalized spacial score (nSPS) is 11.5. The predicted octanol–water partition coefficient (Wildman–Crippen LogP) is 3.13. The number of para-hydroxylation sites is 1. The molecule has 0 aliphatic carbocycles. The number of anilines is 2. The van der Waals surface area contributed by atoms with Crippen LogP contribution in [0.3, 0.4) is 0 Å². The number of aromatic nitrogens is 3. The van der Waals surface area contributed by atoms with Crippen molar-refractivity contribution in [2.75, 3.05) is 17.2 Å². The molecule has 1 heterocycles. The van der Waals surface area contributed by atoms with Crippen LogP contribution in [-0.2, 0) is 4.79 Å². The Bertz CT molecular complexity index is 939. The Hall–Kier alpha value is -3.68. The summed E-state index contributed by atoms with van der Waals surface area (Å²) in [6, 6.07) is 13.5. The summed E-state index contributed by atoms with van der Waals surface area (Å²) in [6.07, 6.45) is 2.87. The molecule has 144 valence electrons. The van der Waals surface area contributed by atoms with E-state index >= 15 is 0 Å². The van der Waals surface area contributed by atoms with Crippen molar-refractivity contribution in [3.8, 4) is 5.75 Å². The molecule has 2 amide bonds. The highest BCUT2D eigenvalue weighted by Gasteiger charge is 2.16. The van der Waals surface area contributed by atoms with Gasteiger partial charge < -0.3 is 15.4 Å². The van der Waals surface area contributed by atoms with Gasteiger partial charge in [0.05, 0.1) is 12.2 Å². The topological polar surface area (TPSA) is 98.1 Å². The van der Waals surface area contributed by atoms with Crippen LogP contribution in [0.2, 0.25) is 0 Å². The third-order valence-corrected chi connectivity index (χ3v) is 4.05. The van der Waals surface area contributed by atoms with E-state index in [1.54, 1.807) is 49.4 Å². The standard InChI is InChI=1S/C20H21N5O3/c1-3-28-18-7-5-4-6-17(18)20(27)24-16-10-8-15(9-11-16)23-19(26)14(2)25-13-21-12-22-25/h4-14H,3H2,1-2H3,(H,23,26)(H,24,27). The van der Waals surface area contributed by atoms with Gasteiger partial charge in [-0.25, -0.2) is 9.67 Å². The van der Waals surface area contributed by atoms with Gasteiger partial charge in [0.15, 0.2) is 0 Å². The number of nitrogens with zero attached hydrogens (tertiary/aromatic N) is 3. The van der Waals surface area contributed by atoms with Gasteiger partial charge in [-0.1, -0.05) is 12.1 Å². The van der Waals surface area contributed by atoms with Crippen LogP contribution in [0.25, 0.3) is 0 Å². The summed E-state index contributed by atoms with van der Waals surface area (Å²) < 4.78 is 6.96. The second kappa shape index (κ2) is 8.81. The number of nitrogens with one attached hydrogen (secondary N) is 2. The van der Waals surface area contributed by atoms with E-state index in [0.29, 0.717) is 29.3 Å². The number of amides is 2. The maximum Gasteiger partial charge on any atom is 0.259 e. The molecule has 3 rings (SSSR count). The predicted molar refractivity (Wildman–Crippen MR) is 105 cm³/mol. The first-order chi connectivity index (χ1) is 13.6. The van der Waals surface area contributed by atoms with Gasteiger partial charge >= 0.3 is 0 Å². The number of hydrogen-bond acceptors (Lipinski definition) is 5. The molecule has 1 atom stereocenters. The largest absolute Gasteiger partial charge is 0.493 e. The van der Waals surface area contributed by atoms with Crippen molar-refractivity contribution >= 4 is 23.2 Å². The average molecular weight is 379 g/mol. The number of carbonyl (C=O) groups is 2. The molecule has 0 aliphatic rings. The minimum absolute atomic E-state index is 0.215. The van der Waals surface area contributed by atoms with Gasteiger partial charge in [-0.3, -0.25) is 9.59 Å². The van der Waals surface area contributed by atoms with Crippen LogP contribution in [0, 0.1) is 0 Å². The van der Waals surface area contributed by atoms with E-state index in [-0.39, 0.29) is 11.8 Å². The highest BCUT2D eigenvalue weighted by Crippen LogP contribution is 2.21. The van der Waals surface area contributed by atoms with Crippen molar-refractivity contribution in [2.45, 2.75) is 19.9 Å². The molecule has 0 saturated carbocycles. The van der Waals surface area contributed by atoms with Crippen LogP contribution in [0.1, 0.15) is 30.2 Å². The Morgan fingerprint density at radius 2 is 1.75 bits per heavy atom. The summed E-state index contributed by atoms with van der Waals surface area (Å²) >= 11 is 0. The number of carbonyl (C=O) groups excluding carboxylic acids is 2. The minimum Gasteiger partial charge on any atom is -0.493 e. The van der Waals surface area contributed by atoms with Gasteiger partial charge in [-0.05, 0) is 50.2 Å². The molecule has 2 aromatic carbocycles. The summed E-state index contributed by atoms with van der Waals surface area (Å²) in [5.74, 6) is 0.0575. The monoisotopic (exact) mass is 379 g/mol. The first-order valence-corrected chi connectivity index (χ1v) is 8.86. The van der Waals surface area contributed by atoms with Gasteiger partial charge in [0.25, 0.3) is 5.91 Å². The minimum atomic E-state index is -0.489. The molecule has 0 saturated heterocycles. The summed E-state index contributed by atoms with van der Waals surface area (Å²) in [5, 5.41) is 9.60. The fourth-order valence-corrected chi connectivity index (χ4v) is 2.56. The zero-order valence-corrected chi connectivity index (χ0v) is 15.6. The molecule has 1 unspecified atom stereocenters. The summed E-state index contributed by atoms with van der Waals surface area (Å²) in [6.45, 7) is 4.07. The Morgan fingerprint density at radius 1 is 1.07 bits per heavy atom. The number of rotatable bonds is 7. The molecule has 0 aliphatic heterocycles. The lowest BCUT2D eigenvalue weighted by Gasteiger charge is -2.13. The van der Waals surface area contributed by atoms with E-state index in [1.807, 2.05) is 13.0 Å². The van der Waals surface area contributed by atoms with Crippen molar-refractivity contribution < 1.29 is 14.3 Å². The van der Waals surface area contributed by atoms with E-state index in [9.17, 15) is 9.59 Å². The third-order valence-electron chi connectivity index (χ3n) is 4.05. The lowest BCUT2D eigenvalue weighted by Crippen LogP contribution is -2.24. The third kappa shape index (κ3) is 4.53. The molecule has 8 heteroatoms. The van der Waals surface area contributed by atoms with E-state index in [4.69, 9.17) is 4.74 Å². The molecule has 1 aromatic heterocycles. The van der Waals surface area contributed by atoms with Gasteiger partial charge in [0, 0.05) is 11.4 Å². The zero-order chi connectivity index (χ0) is 19.9. The molecular weight excluding hydrogens is 358 g/mol. The second-order valence-corrected chi connectivity index (χ2v) is 6.00. The Morgan fingerprint density at radius 3 is 2.39 bits per heavy atom. The molecule has 2 N–H and O–H groups in total. The lowest BCUT2D eigenvalue weighted by molar-refractivity contribution is -0.119. The first-order valence-electron chi connectivity index (χ1n) is 8.86. The van der Waals surface area contributed by atoms with Crippen molar-refractivity contribution in [3.63, 3.8) is 0 Å². The first kappa shape index (κ1) is 19.1. The summed E-state index contributed by atoms with van der Waals surface area (Å²) in [5.41, 5.74) is 1.69. The second-order valence-electron chi connectivity index (χ2n) is 6.00. The van der Waals surface area contributed by atoms with Gasteiger partial charge in [-0.2, -0.15) is 5.10 Å². The molecular formula is C20H21N5O3. The molecule has 8 nitrogen and oxygen atoms in total. The van der Waals surface area contributed by atoms with Gasteiger partial charge in [0.1, 0.15) is 24.4 Å². The van der Waals surface area contributed by atoms with E-state index in [0.717, 1.165) is 0 Å². The van der Waals surface area contributed by atoms with Crippen LogP contribution in [0.5, 0.6) is 5.75 Å². The smallest absolute Gasteiger partial charge is 0.259 e. The number of benzene rings is 2. The molecule has 0 spiro atoms. The molecule has 0 radical (unpaired) electrons. The Labute approximate surface area is 162 Å². The van der Waals surface area contributed by atoms with Crippen molar-refractivity contribution in [3.05, 3.63) is 66.7 Å². The Balaban J connectivity index is 1.63. The maximum absolute atomic E-state index is 12.5. The number of ether oxygens (including phenoxy) is 1. The SMILES string of the molecule is CCOc1ccccc1C(=O)Nc1ccc(NC(=O)C(C)n2cncn2)cc1. The van der Waals surface area contributed by atoms with Crippen molar-refractivity contribution in [2.24, 2.45) is 0 Å². The fraction of sp³-hybridized carbons (Fsp3) is 0.200. The zero-order valence-electron chi connectivity index (χ0n) is 15.6. The quantitative estimate of drug-likeness (QED) is 0.657. The maximum atomic E-state index is 12.5. The van der Waals surface area contributed by atoms with Crippen LogP contribution in [0.4, 0.5) is 11.4 Å². The van der Waals surface area contributed by atoms with Gasteiger partial charge in [0.2, 0.25) is 5.91 Å². The van der Waals surface area contributed by atoms with E-state index < -0.39 is 6.04 Å². The van der Waals surface area contributed by atoms with Crippen LogP contribution < -0.4 is 15.4 Å². The summed E-state index contributed by atoms with van der Waals surface area (Å²) in [7, 11) is 0. The van der Waals surface area contributed by atoms with E-state index in [2.05, 4.69) is 20.7 Å². The highest BCUT2D eigenvalue weighted by molar-refractivity contribution is 6.06. The van der Waals surface area contributed by atoms with E-state index in [1.165, 1.54) is 17.3 Å². The number of hydrogen-bond donors (Lipinski definition) is 2. The molecule has 0 bridgehead atoms.